The molecule has 0 radical (unpaired) electrons. The molecule has 0 unspecified atom stereocenters. The maximum Gasteiger partial charge on any atom is 0.244 e. The second-order valence-electron chi connectivity index (χ2n) is 4.96. The highest BCUT2D eigenvalue weighted by Gasteiger charge is 2.21. The molecule has 118 valence electrons. The lowest BCUT2D eigenvalue weighted by Gasteiger charge is -2.18. The fourth-order valence-electron chi connectivity index (χ4n) is 2.19. The van der Waals surface area contributed by atoms with E-state index in [9.17, 15) is 8.42 Å². The molecule has 0 saturated heterocycles. The van der Waals surface area contributed by atoms with Gasteiger partial charge in [-0.1, -0.05) is 26.0 Å². The number of nitrogens with one attached hydrogen (secondary N) is 1. The van der Waals surface area contributed by atoms with Crippen LogP contribution < -0.4 is 5.32 Å². The zero-order chi connectivity index (χ0) is 16.2. The largest absolute Gasteiger partial charge is 0.340 e. The van der Waals surface area contributed by atoms with Crippen molar-refractivity contribution in [2.75, 3.05) is 18.4 Å². The van der Waals surface area contributed by atoms with Crippen molar-refractivity contribution >= 4 is 21.5 Å². The smallest absolute Gasteiger partial charge is 0.244 e. The SMILES string of the molecule is CCN(CC)S(=O)(=O)c1ccc(Nc2cccc(C)c2)nc1. The van der Waals surface area contributed by atoms with Crippen LogP contribution in [0.3, 0.4) is 0 Å². The first-order valence-electron chi connectivity index (χ1n) is 7.27. The van der Waals surface area contributed by atoms with Crippen LogP contribution >= 0.6 is 0 Å². The Bertz CT molecular complexity index is 723. The van der Waals surface area contributed by atoms with Gasteiger partial charge in [-0.2, -0.15) is 4.31 Å². The quantitative estimate of drug-likeness (QED) is 0.888. The third-order valence-corrected chi connectivity index (χ3v) is 5.40. The lowest BCUT2D eigenvalue weighted by Crippen LogP contribution is -2.30. The summed E-state index contributed by atoms with van der Waals surface area (Å²) in [6.07, 6.45) is 1.39. The molecular weight excluding hydrogens is 298 g/mol. The van der Waals surface area contributed by atoms with E-state index in [4.69, 9.17) is 0 Å². The predicted octanol–water partition coefficient (Wildman–Crippen LogP) is 3.16. The molecule has 0 fully saturated rings. The van der Waals surface area contributed by atoms with Crippen molar-refractivity contribution in [2.24, 2.45) is 0 Å². The number of anilines is 2. The highest BCUT2D eigenvalue weighted by Crippen LogP contribution is 2.19. The topological polar surface area (TPSA) is 62.3 Å². The minimum absolute atomic E-state index is 0.214. The minimum atomic E-state index is -3.45. The molecule has 1 aromatic heterocycles. The molecule has 2 aromatic rings. The van der Waals surface area contributed by atoms with E-state index in [1.54, 1.807) is 12.1 Å². The second kappa shape index (κ2) is 6.89. The Labute approximate surface area is 132 Å². The second-order valence-corrected chi connectivity index (χ2v) is 6.90. The van der Waals surface area contributed by atoms with Crippen molar-refractivity contribution < 1.29 is 8.42 Å². The van der Waals surface area contributed by atoms with E-state index >= 15 is 0 Å². The summed E-state index contributed by atoms with van der Waals surface area (Å²) in [6.45, 7) is 6.55. The number of pyridine rings is 1. The minimum Gasteiger partial charge on any atom is -0.340 e. The molecule has 1 aromatic carbocycles. The van der Waals surface area contributed by atoms with Crippen molar-refractivity contribution in [1.29, 1.82) is 0 Å². The Morgan fingerprint density at radius 1 is 1.14 bits per heavy atom. The summed E-state index contributed by atoms with van der Waals surface area (Å²) in [6, 6.07) is 11.2. The van der Waals surface area contributed by atoms with Gasteiger partial charge in [0, 0.05) is 25.0 Å². The van der Waals surface area contributed by atoms with Crippen LogP contribution in [-0.4, -0.2) is 30.8 Å². The van der Waals surface area contributed by atoms with Gasteiger partial charge < -0.3 is 5.32 Å². The lowest BCUT2D eigenvalue weighted by atomic mass is 10.2. The summed E-state index contributed by atoms with van der Waals surface area (Å²) in [7, 11) is -3.45. The van der Waals surface area contributed by atoms with Gasteiger partial charge in [-0.15, -0.1) is 0 Å². The number of sulfonamides is 1. The molecular formula is C16H21N3O2S. The van der Waals surface area contributed by atoms with Gasteiger partial charge in [0.1, 0.15) is 10.7 Å². The summed E-state index contributed by atoms with van der Waals surface area (Å²) >= 11 is 0. The molecule has 0 amide bonds. The van der Waals surface area contributed by atoms with Crippen LogP contribution in [-0.2, 0) is 10.0 Å². The third kappa shape index (κ3) is 3.64. The molecule has 0 aliphatic heterocycles. The summed E-state index contributed by atoms with van der Waals surface area (Å²) in [5.74, 6) is 0.615. The van der Waals surface area contributed by atoms with Gasteiger partial charge in [-0.25, -0.2) is 13.4 Å². The number of aromatic nitrogens is 1. The van der Waals surface area contributed by atoms with Crippen LogP contribution in [0.15, 0.2) is 47.5 Å². The zero-order valence-corrected chi connectivity index (χ0v) is 13.9. The van der Waals surface area contributed by atoms with Gasteiger partial charge in [0.25, 0.3) is 0 Å². The molecule has 1 heterocycles. The van der Waals surface area contributed by atoms with Gasteiger partial charge in [-0.05, 0) is 36.8 Å². The highest BCUT2D eigenvalue weighted by molar-refractivity contribution is 7.89. The van der Waals surface area contributed by atoms with Crippen molar-refractivity contribution in [1.82, 2.24) is 9.29 Å². The van der Waals surface area contributed by atoms with E-state index in [-0.39, 0.29) is 4.90 Å². The Balaban J connectivity index is 2.20. The first kappa shape index (κ1) is 16.5. The van der Waals surface area contributed by atoms with Crippen LogP contribution in [0.25, 0.3) is 0 Å². The van der Waals surface area contributed by atoms with Crippen LogP contribution in [0, 0.1) is 6.92 Å². The third-order valence-electron chi connectivity index (χ3n) is 3.37. The van der Waals surface area contributed by atoms with Gasteiger partial charge in [-0.3, -0.25) is 0 Å². The molecule has 1 N–H and O–H groups in total. The van der Waals surface area contributed by atoms with E-state index in [2.05, 4.69) is 10.3 Å². The van der Waals surface area contributed by atoms with Crippen LogP contribution in [0.1, 0.15) is 19.4 Å². The number of benzene rings is 1. The Hall–Kier alpha value is -1.92. The van der Waals surface area contributed by atoms with E-state index in [1.807, 2.05) is 45.0 Å². The maximum absolute atomic E-state index is 12.4. The first-order chi connectivity index (χ1) is 10.5. The molecule has 0 aliphatic carbocycles. The number of nitrogens with zero attached hydrogens (tertiary/aromatic N) is 2. The van der Waals surface area contributed by atoms with E-state index < -0.39 is 10.0 Å². The maximum atomic E-state index is 12.4. The van der Waals surface area contributed by atoms with Crippen LogP contribution in [0.2, 0.25) is 0 Å². The van der Waals surface area contributed by atoms with Gasteiger partial charge in [0.2, 0.25) is 10.0 Å². The van der Waals surface area contributed by atoms with Crippen LogP contribution in [0.5, 0.6) is 0 Å². The van der Waals surface area contributed by atoms with Crippen molar-refractivity contribution in [3.8, 4) is 0 Å². The number of hydrogen-bond acceptors (Lipinski definition) is 4. The molecule has 0 saturated carbocycles. The average Bonchev–Trinajstić information content (AvgIpc) is 2.49. The number of hydrogen-bond donors (Lipinski definition) is 1. The van der Waals surface area contributed by atoms with Gasteiger partial charge in [0.05, 0.1) is 0 Å². The molecule has 0 spiro atoms. The van der Waals surface area contributed by atoms with Crippen molar-refractivity contribution in [3.63, 3.8) is 0 Å². The van der Waals surface area contributed by atoms with Gasteiger partial charge >= 0.3 is 0 Å². The van der Waals surface area contributed by atoms with Crippen LogP contribution in [0.4, 0.5) is 11.5 Å². The molecule has 0 atom stereocenters. The Morgan fingerprint density at radius 3 is 2.41 bits per heavy atom. The summed E-state index contributed by atoms with van der Waals surface area (Å²) < 4.78 is 26.2. The lowest BCUT2D eigenvalue weighted by molar-refractivity contribution is 0.445. The normalized spacial score (nSPS) is 11.6. The number of rotatable bonds is 6. The fourth-order valence-corrected chi connectivity index (χ4v) is 3.59. The Morgan fingerprint density at radius 2 is 1.86 bits per heavy atom. The van der Waals surface area contributed by atoms with E-state index in [1.165, 1.54) is 10.5 Å². The van der Waals surface area contributed by atoms with E-state index in [0.717, 1.165) is 11.3 Å². The average molecular weight is 319 g/mol. The molecule has 6 heteroatoms. The zero-order valence-electron chi connectivity index (χ0n) is 13.1. The summed E-state index contributed by atoms with van der Waals surface area (Å²) in [5, 5.41) is 3.16. The first-order valence-corrected chi connectivity index (χ1v) is 8.71. The molecule has 0 aliphatic rings. The molecule has 0 bridgehead atoms. The van der Waals surface area contributed by atoms with Crippen molar-refractivity contribution in [3.05, 3.63) is 48.2 Å². The standard InChI is InChI=1S/C16H21N3O2S/c1-4-19(5-2)22(20,21)15-9-10-16(17-12-15)18-14-8-6-7-13(3)11-14/h6-12H,4-5H2,1-3H3,(H,17,18). The summed E-state index contributed by atoms with van der Waals surface area (Å²) in [4.78, 5) is 4.42. The monoisotopic (exact) mass is 319 g/mol. The molecule has 22 heavy (non-hydrogen) atoms. The Kier molecular flexibility index (Phi) is 5.15. The highest BCUT2D eigenvalue weighted by atomic mass is 32.2. The summed E-state index contributed by atoms with van der Waals surface area (Å²) in [5.41, 5.74) is 2.07. The number of aryl methyl sites for hydroxylation is 1. The fraction of sp³-hybridized carbons (Fsp3) is 0.312. The predicted molar refractivity (Wildman–Crippen MR) is 88.8 cm³/mol. The van der Waals surface area contributed by atoms with Crippen molar-refractivity contribution in [2.45, 2.75) is 25.7 Å². The van der Waals surface area contributed by atoms with E-state index in [0.29, 0.717) is 18.9 Å². The molecule has 2 rings (SSSR count). The van der Waals surface area contributed by atoms with Gasteiger partial charge in [0.15, 0.2) is 0 Å². The molecule has 5 nitrogen and oxygen atoms in total.